The third kappa shape index (κ3) is 4.45. The van der Waals surface area contributed by atoms with Gasteiger partial charge in [-0.3, -0.25) is 4.79 Å². The summed E-state index contributed by atoms with van der Waals surface area (Å²) in [4.78, 5) is 11.9. The highest BCUT2D eigenvalue weighted by Gasteiger charge is 2.23. The van der Waals surface area contributed by atoms with Gasteiger partial charge in [0, 0.05) is 12.7 Å². The van der Waals surface area contributed by atoms with E-state index in [0.717, 1.165) is 28.6 Å². The molecule has 0 fully saturated rings. The molecule has 5 nitrogen and oxygen atoms in total. The van der Waals surface area contributed by atoms with Crippen LogP contribution in [0.5, 0.6) is 0 Å². The van der Waals surface area contributed by atoms with Gasteiger partial charge in [0.05, 0.1) is 21.5 Å². The van der Waals surface area contributed by atoms with Crippen molar-refractivity contribution in [2.75, 3.05) is 18.9 Å². The van der Waals surface area contributed by atoms with Crippen molar-refractivity contribution < 1.29 is 17.6 Å². The molecule has 0 aliphatic heterocycles. The number of rotatable bonds is 5. The molecule has 128 valence electrons. The van der Waals surface area contributed by atoms with Gasteiger partial charge in [-0.25, -0.2) is 12.8 Å². The van der Waals surface area contributed by atoms with Gasteiger partial charge in [0.1, 0.15) is 5.82 Å². The average Bonchev–Trinajstić information content (AvgIpc) is 2.51. The third-order valence-corrected chi connectivity index (χ3v) is 5.65. The molecule has 1 N–H and O–H groups in total. The minimum Gasteiger partial charge on any atom is -0.325 e. The number of carbonyl (C=O) groups excluding carboxylic acids is 1. The van der Waals surface area contributed by atoms with Crippen molar-refractivity contribution in [2.24, 2.45) is 0 Å². The van der Waals surface area contributed by atoms with E-state index in [4.69, 9.17) is 23.2 Å². The summed E-state index contributed by atoms with van der Waals surface area (Å²) in [6.45, 7) is -0.417. The van der Waals surface area contributed by atoms with Crippen LogP contribution in [0.3, 0.4) is 0 Å². The molecule has 0 atom stereocenters. The van der Waals surface area contributed by atoms with Crippen LogP contribution in [0.1, 0.15) is 0 Å². The molecule has 0 bridgehead atoms. The second-order valence-electron chi connectivity index (χ2n) is 4.89. The molecule has 24 heavy (non-hydrogen) atoms. The lowest BCUT2D eigenvalue weighted by molar-refractivity contribution is -0.116. The number of nitrogens with one attached hydrogen (secondary N) is 1. The van der Waals surface area contributed by atoms with Crippen LogP contribution < -0.4 is 5.32 Å². The summed E-state index contributed by atoms with van der Waals surface area (Å²) in [6, 6.07) is 8.86. The Labute approximate surface area is 149 Å². The van der Waals surface area contributed by atoms with Crippen molar-refractivity contribution in [3.63, 3.8) is 0 Å². The van der Waals surface area contributed by atoms with E-state index in [1.165, 1.54) is 19.2 Å². The van der Waals surface area contributed by atoms with Gasteiger partial charge in [-0.1, -0.05) is 23.2 Å². The summed E-state index contributed by atoms with van der Waals surface area (Å²) >= 11 is 11.6. The Bertz CT molecular complexity index is 858. The SMILES string of the molecule is CN(CC(=O)Nc1ccc(Cl)c(Cl)c1)S(=O)(=O)c1ccc(F)cc1. The number of hydrogen-bond acceptors (Lipinski definition) is 3. The normalized spacial score (nSPS) is 11.5. The minimum atomic E-state index is -3.90. The molecule has 0 radical (unpaired) electrons. The van der Waals surface area contributed by atoms with Crippen LogP contribution in [0.25, 0.3) is 0 Å². The molecular weight excluding hydrogens is 378 g/mol. The first-order valence-electron chi connectivity index (χ1n) is 6.67. The Morgan fingerprint density at radius 3 is 2.33 bits per heavy atom. The molecule has 0 aromatic heterocycles. The molecule has 0 saturated carbocycles. The maximum Gasteiger partial charge on any atom is 0.243 e. The van der Waals surface area contributed by atoms with Crippen molar-refractivity contribution >= 4 is 44.8 Å². The lowest BCUT2D eigenvalue weighted by atomic mass is 10.3. The van der Waals surface area contributed by atoms with E-state index >= 15 is 0 Å². The molecule has 0 aliphatic carbocycles. The van der Waals surface area contributed by atoms with E-state index < -0.39 is 28.3 Å². The summed E-state index contributed by atoms with van der Waals surface area (Å²) in [6.07, 6.45) is 0. The maximum atomic E-state index is 12.9. The lowest BCUT2D eigenvalue weighted by Gasteiger charge is -2.17. The first kappa shape index (κ1) is 18.7. The number of sulfonamides is 1. The van der Waals surface area contributed by atoms with Gasteiger partial charge in [-0.15, -0.1) is 0 Å². The van der Waals surface area contributed by atoms with Gasteiger partial charge >= 0.3 is 0 Å². The number of halogens is 3. The van der Waals surface area contributed by atoms with Crippen molar-refractivity contribution in [1.82, 2.24) is 4.31 Å². The predicted octanol–water partition coefficient (Wildman–Crippen LogP) is 3.39. The highest BCUT2D eigenvalue weighted by Crippen LogP contribution is 2.25. The predicted molar refractivity (Wildman–Crippen MR) is 91.3 cm³/mol. The average molecular weight is 391 g/mol. The van der Waals surface area contributed by atoms with Gasteiger partial charge < -0.3 is 5.32 Å². The summed E-state index contributed by atoms with van der Waals surface area (Å²) in [5, 5.41) is 3.13. The van der Waals surface area contributed by atoms with Crippen LogP contribution in [0.2, 0.25) is 10.0 Å². The van der Waals surface area contributed by atoms with Crippen molar-refractivity contribution in [1.29, 1.82) is 0 Å². The van der Waals surface area contributed by atoms with Crippen LogP contribution in [0.15, 0.2) is 47.4 Å². The largest absolute Gasteiger partial charge is 0.325 e. The Morgan fingerprint density at radius 2 is 1.75 bits per heavy atom. The zero-order valence-corrected chi connectivity index (χ0v) is 14.8. The second kappa shape index (κ2) is 7.48. The Hall–Kier alpha value is -1.67. The van der Waals surface area contributed by atoms with Crippen molar-refractivity contribution in [2.45, 2.75) is 4.90 Å². The van der Waals surface area contributed by atoms with E-state index in [2.05, 4.69) is 5.32 Å². The Morgan fingerprint density at radius 1 is 1.12 bits per heavy atom. The van der Waals surface area contributed by atoms with Gasteiger partial charge in [0.25, 0.3) is 0 Å². The van der Waals surface area contributed by atoms with Gasteiger partial charge in [-0.05, 0) is 42.5 Å². The van der Waals surface area contributed by atoms with E-state index in [-0.39, 0.29) is 9.92 Å². The molecule has 1 amide bonds. The van der Waals surface area contributed by atoms with Gasteiger partial charge in [-0.2, -0.15) is 4.31 Å². The standard InChI is InChI=1S/C15H13Cl2FN2O3S/c1-20(24(22,23)12-5-2-10(18)3-6-12)9-15(21)19-11-4-7-13(16)14(17)8-11/h2-8H,9H2,1H3,(H,19,21). The lowest BCUT2D eigenvalue weighted by Crippen LogP contribution is -2.34. The third-order valence-electron chi connectivity index (χ3n) is 3.09. The summed E-state index contributed by atoms with van der Waals surface area (Å²) in [7, 11) is -2.64. The van der Waals surface area contributed by atoms with Crippen LogP contribution in [-0.4, -0.2) is 32.2 Å². The van der Waals surface area contributed by atoms with E-state index in [9.17, 15) is 17.6 Å². The van der Waals surface area contributed by atoms with Crippen LogP contribution in [-0.2, 0) is 14.8 Å². The van der Waals surface area contributed by atoms with E-state index in [0.29, 0.717) is 10.7 Å². The molecule has 0 unspecified atom stereocenters. The number of benzene rings is 2. The number of anilines is 1. The van der Waals surface area contributed by atoms with Crippen LogP contribution in [0.4, 0.5) is 10.1 Å². The molecule has 2 rings (SSSR count). The highest BCUT2D eigenvalue weighted by atomic mass is 35.5. The van der Waals surface area contributed by atoms with Gasteiger partial charge in [0.15, 0.2) is 0 Å². The van der Waals surface area contributed by atoms with E-state index in [1.54, 1.807) is 6.07 Å². The smallest absolute Gasteiger partial charge is 0.243 e. The Kier molecular flexibility index (Phi) is 5.82. The van der Waals surface area contributed by atoms with Crippen LogP contribution >= 0.6 is 23.2 Å². The first-order chi connectivity index (χ1) is 11.2. The number of nitrogens with zero attached hydrogens (tertiary/aromatic N) is 1. The number of carbonyl (C=O) groups is 1. The molecule has 0 spiro atoms. The minimum absolute atomic E-state index is 0.103. The summed E-state index contributed by atoms with van der Waals surface area (Å²) in [5.41, 5.74) is 0.391. The first-order valence-corrected chi connectivity index (χ1v) is 8.86. The molecule has 0 heterocycles. The molecule has 0 saturated heterocycles. The summed E-state index contributed by atoms with van der Waals surface area (Å²) < 4.78 is 38.4. The summed E-state index contributed by atoms with van der Waals surface area (Å²) in [5.74, 6) is -1.10. The maximum absolute atomic E-state index is 12.9. The Balaban J connectivity index is 2.07. The number of hydrogen-bond donors (Lipinski definition) is 1. The fraction of sp³-hybridized carbons (Fsp3) is 0.133. The zero-order valence-electron chi connectivity index (χ0n) is 12.5. The quantitative estimate of drug-likeness (QED) is 0.850. The number of amides is 1. The molecule has 9 heteroatoms. The fourth-order valence-corrected chi connectivity index (χ4v) is 3.27. The molecule has 2 aromatic carbocycles. The number of likely N-dealkylation sites (N-methyl/N-ethyl adjacent to an activating group) is 1. The van der Waals surface area contributed by atoms with Crippen molar-refractivity contribution in [3.8, 4) is 0 Å². The fourth-order valence-electron chi connectivity index (χ4n) is 1.85. The monoisotopic (exact) mass is 390 g/mol. The molecule has 2 aromatic rings. The second-order valence-corrected chi connectivity index (χ2v) is 7.75. The van der Waals surface area contributed by atoms with Gasteiger partial charge in [0.2, 0.25) is 15.9 Å². The van der Waals surface area contributed by atoms with E-state index in [1.807, 2.05) is 0 Å². The molecular formula is C15H13Cl2FN2O3S. The zero-order chi connectivity index (χ0) is 17.9. The van der Waals surface area contributed by atoms with Crippen LogP contribution in [0, 0.1) is 5.82 Å². The van der Waals surface area contributed by atoms with Crippen molar-refractivity contribution in [3.05, 3.63) is 58.3 Å². The molecule has 0 aliphatic rings. The topological polar surface area (TPSA) is 66.5 Å². The highest BCUT2D eigenvalue weighted by molar-refractivity contribution is 7.89.